The molecule has 0 saturated heterocycles. The van der Waals surface area contributed by atoms with E-state index in [1.54, 1.807) is 19.2 Å². The molecule has 1 N–H and O–H groups in total. The quantitative estimate of drug-likeness (QED) is 0.599. The normalized spacial score (nSPS) is 12.0. The minimum atomic E-state index is -1.00. The zero-order valence-corrected chi connectivity index (χ0v) is 15.6. The maximum absolute atomic E-state index is 12.6. The SMILES string of the molecule is COCc1nc(C(=O)OC(C)C(=O)c2[nH]c(C)c(C(C)=O)c2C)cs1. The van der Waals surface area contributed by atoms with Gasteiger partial charge >= 0.3 is 5.97 Å². The van der Waals surface area contributed by atoms with Crippen LogP contribution in [0, 0.1) is 13.8 Å². The van der Waals surface area contributed by atoms with Crippen molar-refractivity contribution in [3.8, 4) is 0 Å². The lowest BCUT2D eigenvalue weighted by molar-refractivity contribution is 0.0311. The fourth-order valence-corrected chi connectivity index (χ4v) is 3.33. The average Bonchev–Trinajstić information content (AvgIpc) is 3.11. The van der Waals surface area contributed by atoms with E-state index >= 15 is 0 Å². The molecule has 2 aromatic heterocycles. The van der Waals surface area contributed by atoms with E-state index in [0.29, 0.717) is 28.4 Å². The Kier molecular flexibility index (Phi) is 5.86. The van der Waals surface area contributed by atoms with Crippen molar-refractivity contribution in [2.45, 2.75) is 40.4 Å². The van der Waals surface area contributed by atoms with Gasteiger partial charge in [-0.15, -0.1) is 11.3 Å². The van der Waals surface area contributed by atoms with E-state index in [9.17, 15) is 14.4 Å². The van der Waals surface area contributed by atoms with E-state index < -0.39 is 17.9 Å². The van der Waals surface area contributed by atoms with Crippen LogP contribution in [0.5, 0.6) is 0 Å². The van der Waals surface area contributed by atoms with Gasteiger partial charge in [0.2, 0.25) is 5.78 Å². The summed E-state index contributed by atoms with van der Waals surface area (Å²) in [6.45, 7) is 6.66. The summed E-state index contributed by atoms with van der Waals surface area (Å²) in [4.78, 5) is 43.4. The summed E-state index contributed by atoms with van der Waals surface area (Å²) in [5.74, 6) is -1.19. The van der Waals surface area contributed by atoms with Crippen molar-refractivity contribution in [2.75, 3.05) is 7.11 Å². The number of ether oxygens (including phenoxy) is 2. The monoisotopic (exact) mass is 364 g/mol. The molecule has 25 heavy (non-hydrogen) atoms. The molecule has 0 aliphatic heterocycles. The number of nitrogens with zero attached hydrogens (tertiary/aromatic N) is 1. The van der Waals surface area contributed by atoms with Gasteiger partial charge in [-0.3, -0.25) is 9.59 Å². The van der Waals surface area contributed by atoms with Gasteiger partial charge in [-0.05, 0) is 33.3 Å². The fourth-order valence-electron chi connectivity index (χ4n) is 2.60. The molecule has 2 heterocycles. The second-order valence-electron chi connectivity index (χ2n) is 5.65. The number of carbonyl (C=O) groups excluding carboxylic acids is 3. The predicted molar refractivity (Wildman–Crippen MR) is 92.3 cm³/mol. The lowest BCUT2D eigenvalue weighted by atomic mass is 10.0. The molecular formula is C17H20N2O5S. The molecule has 0 saturated carbocycles. The third-order valence-electron chi connectivity index (χ3n) is 3.72. The third kappa shape index (κ3) is 4.02. The lowest BCUT2D eigenvalue weighted by Gasteiger charge is -2.11. The highest BCUT2D eigenvalue weighted by atomic mass is 32.1. The van der Waals surface area contributed by atoms with Gasteiger partial charge in [-0.2, -0.15) is 0 Å². The largest absolute Gasteiger partial charge is 0.449 e. The second-order valence-corrected chi connectivity index (χ2v) is 6.60. The number of thiazole rings is 1. The summed E-state index contributed by atoms with van der Waals surface area (Å²) in [6, 6.07) is 0. The molecule has 8 heteroatoms. The molecule has 0 amide bonds. The van der Waals surface area contributed by atoms with Gasteiger partial charge in [-0.1, -0.05) is 0 Å². The maximum Gasteiger partial charge on any atom is 0.358 e. The number of carbonyl (C=O) groups is 3. The summed E-state index contributed by atoms with van der Waals surface area (Å²) in [5.41, 5.74) is 2.09. The summed E-state index contributed by atoms with van der Waals surface area (Å²) in [6.07, 6.45) is -1.00. The van der Waals surface area contributed by atoms with Crippen LogP contribution in [-0.4, -0.2) is 40.7 Å². The first-order valence-corrected chi connectivity index (χ1v) is 8.52. The standard InChI is InChI=1S/C17H20N2O5S/c1-8-14(10(3)20)9(2)18-15(8)16(21)11(4)24-17(22)12-7-25-13(19-12)6-23-5/h7,11,18H,6H2,1-5H3. The van der Waals surface area contributed by atoms with Crippen LogP contribution < -0.4 is 0 Å². The minimum absolute atomic E-state index is 0.122. The van der Waals surface area contributed by atoms with Gasteiger partial charge in [0.1, 0.15) is 5.01 Å². The van der Waals surface area contributed by atoms with Gasteiger partial charge in [0.25, 0.3) is 0 Å². The summed E-state index contributed by atoms with van der Waals surface area (Å²) in [5, 5.41) is 2.21. The van der Waals surface area contributed by atoms with E-state index in [1.807, 2.05) is 0 Å². The zero-order valence-electron chi connectivity index (χ0n) is 14.8. The lowest BCUT2D eigenvalue weighted by Crippen LogP contribution is -2.25. The molecule has 1 atom stereocenters. The highest BCUT2D eigenvalue weighted by molar-refractivity contribution is 7.09. The fraction of sp³-hybridized carbons (Fsp3) is 0.412. The number of nitrogens with one attached hydrogen (secondary N) is 1. The van der Waals surface area contributed by atoms with Gasteiger partial charge in [0.05, 0.1) is 12.3 Å². The van der Waals surface area contributed by atoms with Crippen LogP contribution in [0.2, 0.25) is 0 Å². The molecule has 7 nitrogen and oxygen atoms in total. The first-order valence-electron chi connectivity index (χ1n) is 7.64. The van der Waals surface area contributed by atoms with E-state index in [-0.39, 0.29) is 17.2 Å². The van der Waals surface area contributed by atoms with Crippen LogP contribution in [0.1, 0.15) is 61.4 Å². The Morgan fingerprint density at radius 1 is 1.32 bits per heavy atom. The molecule has 2 aromatic rings. The first-order chi connectivity index (χ1) is 11.8. The smallest absolute Gasteiger partial charge is 0.358 e. The molecule has 0 bridgehead atoms. The van der Waals surface area contributed by atoms with E-state index in [2.05, 4.69) is 9.97 Å². The second kappa shape index (κ2) is 7.71. The summed E-state index contributed by atoms with van der Waals surface area (Å²) < 4.78 is 10.2. The number of hydrogen-bond donors (Lipinski definition) is 1. The van der Waals surface area contributed by atoms with Crippen LogP contribution >= 0.6 is 11.3 Å². The van der Waals surface area contributed by atoms with E-state index in [1.165, 1.54) is 32.3 Å². The molecule has 0 radical (unpaired) electrons. The number of aryl methyl sites for hydroxylation is 1. The molecule has 134 valence electrons. The van der Waals surface area contributed by atoms with Crippen LogP contribution in [0.3, 0.4) is 0 Å². The van der Waals surface area contributed by atoms with Crippen molar-refractivity contribution in [2.24, 2.45) is 0 Å². The number of aromatic amines is 1. The van der Waals surface area contributed by atoms with Gasteiger partial charge in [-0.25, -0.2) is 9.78 Å². The molecular weight excluding hydrogens is 344 g/mol. The Morgan fingerprint density at radius 2 is 2.00 bits per heavy atom. The zero-order chi connectivity index (χ0) is 18.7. The van der Waals surface area contributed by atoms with Crippen molar-refractivity contribution in [3.63, 3.8) is 0 Å². The Balaban J connectivity index is 2.13. The number of H-pyrrole nitrogens is 1. The number of aromatic nitrogens is 2. The van der Waals surface area contributed by atoms with Gasteiger partial charge < -0.3 is 14.5 Å². The molecule has 1 unspecified atom stereocenters. The number of hydrogen-bond acceptors (Lipinski definition) is 7. The highest BCUT2D eigenvalue weighted by Crippen LogP contribution is 2.21. The predicted octanol–water partition coefficient (Wildman–Crippen LogP) is 2.87. The van der Waals surface area contributed by atoms with Crippen molar-refractivity contribution in [1.29, 1.82) is 0 Å². The average molecular weight is 364 g/mol. The molecule has 0 aliphatic carbocycles. The molecule has 0 fully saturated rings. The van der Waals surface area contributed by atoms with Crippen molar-refractivity contribution in [1.82, 2.24) is 9.97 Å². The van der Waals surface area contributed by atoms with Crippen LogP contribution in [0.15, 0.2) is 5.38 Å². The first kappa shape index (κ1) is 19.0. The van der Waals surface area contributed by atoms with Gasteiger partial charge in [0.15, 0.2) is 17.6 Å². The minimum Gasteiger partial charge on any atom is -0.449 e. The van der Waals surface area contributed by atoms with E-state index in [4.69, 9.17) is 9.47 Å². The Hall–Kier alpha value is -2.32. The Bertz CT molecular complexity index is 821. The molecule has 0 aromatic carbocycles. The maximum atomic E-state index is 12.6. The number of Topliss-reactive ketones (excluding diaryl/α,β-unsaturated/α-hetero) is 2. The molecule has 0 aliphatic rings. The topological polar surface area (TPSA) is 98.3 Å². The number of esters is 1. The summed E-state index contributed by atoms with van der Waals surface area (Å²) >= 11 is 1.28. The number of rotatable bonds is 7. The number of methoxy groups -OCH3 is 1. The van der Waals surface area contributed by atoms with Crippen molar-refractivity contribution < 1.29 is 23.9 Å². The number of ketones is 2. The Labute approximate surface area is 149 Å². The van der Waals surface area contributed by atoms with Crippen molar-refractivity contribution >= 4 is 28.9 Å². The van der Waals surface area contributed by atoms with Crippen LogP contribution in [-0.2, 0) is 16.1 Å². The van der Waals surface area contributed by atoms with Crippen LogP contribution in [0.25, 0.3) is 0 Å². The van der Waals surface area contributed by atoms with E-state index in [0.717, 1.165) is 0 Å². The summed E-state index contributed by atoms with van der Waals surface area (Å²) in [7, 11) is 1.54. The van der Waals surface area contributed by atoms with Gasteiger partial charge in [0, 0.05) is 23.7 Å². The van der Waals surface area contributed by atoms with Crippen molar-refractivity contribution in [3.05, 3.63) is 38.6 Å². The highest BCUT2D eigenvalue weighted by Gasteiger charge is 2.27. The Morgan fingerprint density at radius 3 is 2.56 bits per heavy atom. The molecule has 2 rings (SSSR count). The third-order valence-corrected chi connectivity index (χ3v) is 4.54. The molecule has 0 spiro atoms. The van der Waals surface area contributed by atoms with Crippen LogP contribution in [0.4, 0.5) is 0 Å².